The Balaban J connectivity index is 2.55. The lowest BCUT2D eigenvalue weighted by molar-refractivity contribution is 0.266. The van der Waals surface area contributed by atoms with E-state index in [4.69, 9.17) is 10.5 Å². The van der Waals surface area contributed by atoms with Crippen LogP contribution in [0.2, 0.25) is 0 Å². The van der Waals surface area contributed by atoms with Crippen molar-refractivity contribution < 1.29 is 4.74 Å². The molecule has 0 bridgehead atoms. The van der Waals surface area contributed by atoms with E-state index in [1.807, 2.05) is 0 Å². The van der Waals surface area contributed by atoms with Gasteiger partial charge in [0.05, 0.1) is 6.61 Å². The highest BCUT2D eigenvalue weighted by molar-refractivity contribution is 5.48. The molecule has 2 rings (SSSR count). The van der Waals surface area contributed by atoms with Gasteiger partial charge < -0.3 is 10.5 Å². The van der Waals surface area contributed by atoms with E-state index in [-0.39, 0.29) is 11.5 Å². The maximum Gasteiger partial charge on any atom is 0.126 e. The smallest absolute Gasteiger partial charge is 0.126 e. The molecular weight excluding hydrogens is 198 g/mol. The van der Waals surface area contributed by atoms with Crippen LogP contribution in [-0.2, 0) is 5.41 Å². The molecule has 0 fully saturated rings. The fraction of sp³-hybridized carbons (Fsp3) is 0.571. The first kappa shape index (κ1) is 11.5. The van der Waals surface area contributed by atoms with Crippen LogP contribution in [-0.4, -0.2) is 6.61 Å². The van der Waals surface area contributed by atoms with Gasteiger partial charge in [-0.3, -0.25) is 0 Å². The lowest BCUT2D eigenvalue weighted by Crippen LogP contribution is -2.23. The fourth-order valence-corrected chi connectivity index (χ4v) is 2.15. The molecule has 2 heteroatoms. The Morgan fingerprint density at radius 2 is 2.00 bits per heavy atom. The van der Waals surface area contributed by atoms with Crippen LogP contribution in [0.5, 0.6) is 5.75 Å². The summed E-state index contributed by atoms with van der Waals surface area (Å²) < 4.78 is 5.71. The average molecular weight is 219 g/mol. The van der Waals surface area contributed by atoms with Gasteiger partial charge in [-0.15, -0.1) is 0 Å². The molecule has 0 saturated heterocycles. The van der Waals surface area contributed by atoms with Gasteiger partial charge >= 0.3 is 0 Å². The van der Waals surface area contributed by atoms with Crippen LogP contribution in [0.25, 0.3) is 0 Å². The second kappa shape index (κ2) is 3.77. The molecule has 2 nitrogen and oxygen atoms in total. The van der Waals surface area contributed by atoms with Crippen LogP contribution >= 0.6 is 0 Å². The van der Waals surface area contributed by atoms with E-state index in [0.717, 1.165) is 18.8 Å². The summed E-state index contributed by atoms with van der Waals surface area (Å²) in [4.78, 5) is 0. The molecule has 16 heavy (non-hydrogen) atoms. The average Bonchev–Trinajstić information content (AvgIpc) is 2.18. The summed E-state index contributed by atoms with van der Waals surface area (Å²) >= 11 is 0. The highest BCUT2D eigenvalue weighted by Gasteiger charge is 2.23. The molecule has 0 unspecified atom stereocenters. The third kappa shape index (κ3) is 1.94. The number of ether oxygens (including phenoxy) is 1. The van der Waals surface area contributed by atoms with Gasteiger partial charge in [0.25, 0.3) is 0 Å². The van der Waals surface area contributed by atoms with Crippen molar-refractivity contribution in [1.82, 2.24) is 0 Å². The van der Waals surface area contributed by atoms with E-state index in [2.05, 4.69) is 39.8 Å². The largest absolute Gasteiger partial charge is 0.493 e. The Kier molecular flexibility index (Phi) is 2.70. The number of hydrogen-bond donors (Lipinski definition) is 1. The first-order valence-corrected chi connectivity index (χ1v) is 5.93. The summed E-state index contributed by atoms with van der Waals surface area (Å²) in [5.41, 5.74) is 10.0. The highest BCUT2D eigenvalue weighted by atomic mass is 16.5. The van der Waals surface area contributed by atoms with Crippen LogP contribution < -0.4 is 10.5 Å². The topological polar surface area (TPSA) is 35.2 Å². The van der Waals surface area contributed by atoms with Crippen molar-refractivity contribution in [1.29, 1.82) is 0 Å². The van der Waals surface area contributed by atoms with Crippen LogP contribution in [0.3, 0.4) is 0 Å². The molecule has 1 heterocycles. The first-order chi connectivity index (χ1) is 7.39. The molecule has 88 valence electrons. The first-order valence-electron chi connectivity index (χ1n) is 5.93. The maximum atomic E-state index is 6.15. The molecule has 2 N–H and O–H groups in total. The lowest BCUT2D eigenvalue weighted by Gasteiger charge is -2.28. The van der Waals surface area contributed by atoms with Crippen LogP contribution in [0.4, 0.5) is 0 Å². The Labute approximate surface area is 97.8 Å². The van der Waals surface area contributed by atoms with Gasteiger partial charge in [-0.25, -0.2) is 0 Å². The van der Waals surface area contributed by atoms with Crippen molar-refractivity contribution in [3.05, 3.63) is 28.8 Å². The van der Waals surface area contributed by atoms with Crippen molar-refractivity contribution in [3.63, 3.8) is 0 Å². The zero-order chi connectivity index (χ0) is 11.9. The third-order valence-corrected chi connectivity index (χ3v) is 3.24. The number of hydrogen-bond acceptors (Lipinski definition) is 2. The summed E-state index contributed by atoms with van der Waals surface area (Å²) in [6.45, 7) is 9.52. The van der Waals surface area contributed by atoms with Crippen molar-refractivity contribution in [3.8, 4) is 5.75 Å². The fourth-order valence-electron chi connectivity index (χ4n) is 2.15. The normalized spacial score (nSPS) is 20.2. The third-order valence-electron chi connectivity index (χ3n) is 3.24. The zero-order valence-electron chi connectivity index (χ0n) is 10.6. The second-order valence-corrected chi connectivity index (χ2v) is 5.71. The number of fused-ring (bicyclic) bond motifs is 1. The van der Waals surface area contributed by atoms with E-state index >= 15 is 0 Å². The molecule has 0 saturated carbocycles. The summed E-state index contributed by atoms with van der Waals surface area (Å²) in [6.07, 6.45) is 0.917. The molecule has 0 radical (unpaired) electrons. The molecule has 1 aliphatic rings. The van der Waals surface area contributed by atoms with E-state index in [0.29, 0.717) is 0 Å². The van der Waals surface area contributed by atoms with E-state index < -0.39 is 0 Å². The standard InChI is InChI=1S/C14H21NO/c1-9-7-10(14(2,3)4)8-11-12(15)5-6-16-13(9)11/h7-8,12H,5-6,15H2,1-4H3/t12-/m0/s1. The molecule has 1 atom stereocenters. The Bertz CT molecular complexity index is 404. The Hall–Kier alpha value is -1.02. The Morgan fingerprint density at radius 1 is 1.31 bits per heavy atom. The molecule has 0 aliphatic carbocycles. The number of nitrogens with two attached hydrogens (primary N) is 1. The van der Waals surface area contributed by atoms with Gasteiger partial charge in [-0.1, -0.05) is 26.8 Å². The summed E-state index contributed by atoms with van der Waals surface area (Å²) in [7, 11) is 0. The van der Waals surface area contributed by atoms with Crippen LogP contribution in [0.15, 0.2) is 12.1 Å². The molecule has 0 amide bonds. The number of rotatable bonds is 0. The van der Waals surface area contributed by atoms with Crippen molar-refractivity contribution in [2.24, 2.45) is 5.73 Å². The lowest BCUT2D eigenvalue weighted by atomic mass is 9.83. The minimum absolute atomic E-state index is 0.129. The molecular formula is C14H21NO. The van der Waals surface area contributed by atoms with E-state index in [1.54, 1.807) is 0 Å². The summed E-state index contributed by atoms with van der Waals surface area (Å²) in [5, 5.41) is 0. The monoisotopic (exact) mass is 219 g/mol. The van der Waals surface area contributed by atoms with Crippen molar-refractivity contribution in [2.75, 3.05) is 6.61 Å². The summed E-state index contributed by atoms with van der Waals surface area (Å²) in [5.74, 6) is 1.01. The van der Waals surface area contributed by atoms with E-state index in [1.165, 1.54) is 16.7 Å². The molecule has 0 spiro atoms. The van der Waals surface area contributed by atoms with Gasteiger partial charge in [0, 0.05) is 18.0 Å². The molecule has 0 aromatic heterocycles. The number of benzene rings is 1. The van der Waals surface area contributed by atoms with E-state index in [9.17, 15) is 0 Å². The van der Waals surface area contributed by atoms with Gasteiger partial charge in [-0.2, -0.15) is 0 Å². The van der Waals surface area contributed by atoms with Gasteiger partial charge in [0.15, 0.2) is 0 Å². The minimum atomic E-state index is 0.129. The van der Waals surface area contributed by atoms with Crippen molar-refractivity contribution in [2.45, 2.75) is 45.6 Å². The minimum Gasteiger partial charge on any atom is -0.493 e. The van der Waals surface area contributed by atoms with Crippen molar-refractivity contribution >= 4 is 0 Å². The zero-order valence-corrected chi connectivity index (χ0v) is 10.6. The Morgan fingerprint density at radius 3 is 2.62 bits per heavy atom. The second-order valence-electron chi connectivity index (χ2n) is 5.71. The molecule has 1 aromatic carbocycles. The van der Waals surface area contributed by atoms with Gasteiger partial charge in [0.2, 0.25) is 0 Å². The van der Waals surface area contributed by atoms with Crippen LogP contribution in [0.1, 0.15) is 49.9 Å². The van der Waals surface area contributed by atoms with Crippen LogP contribution in [0, 0.1) is 6.92 Å². The molecule has 1 aromatic rings. The SMILES string of the molecule is Cc1cc(C(C)(C)C)cc2c1OCC[C@@H]2N. The van der Waals surface area contributed by atoms with Gasteiger partial charge in [0.1, 0.15) is 5.75 Å². The predicted molar refractivity (Wildman–Crippen MR) is 66.9 cm³/mol. The predicted octanol–water partition coefficient (Wildman–Crippen LogP) is 3.07. The highest BCUT2D eigenvalue weighted by Crippen LogP contribution is 2.37. The maximum absolute atomic E-state index is 6.15. The quantitative estimate of drug-likeness (QED) is 0.727. The van der Waals surface area contributed by atoms with Gasteiger partial charge in [-0.05, 0) is 29.5 Å². The summed E-state index contributed by atoms with van der Waals surface area (Å²) in [6, 6.07) is 4.56. The number of aryl methyl sites for hydroxylation is 1. The molecule has 1 aliphatic heterocycles.